The minimum atomic E-state index is -0.815. The molecule has 3 nitrogen and oxygen atoms in total. The third-order valence-electron chi connectivity index (χ3n) is 4.71. The molecule has 0 aliphatic heterocycles. The van der Waals surface area contributed by atoms with E-state index < -0.39 is 5.97 Å². The summed E-state index contributed by atoms with van der Waals surface area (Å²) in [6, 6.07) is 10.3. The first kappa shape index (κ1) is 18.1. The third-order valence-corrected chi connectivity index (χ3v) is 4.71. The van der Waals surface area contributed by atoms with Gasteiger partial charge in [0, 0.05) is 18.8 Å². The Hall–Kier alpha value is -1.90. The van der Waals surface area contributed by atoms with E-state index in [1.165, 1.54) is 5.56 Å². The molecule has 0 heterocycles. The minimum absolute atomic E-state index is 0.0400. The average molecular weight is 302 g/mol. The number of carboxylic acids is 1. The van der Waals surface area contributed by atoms with Crippen LogP contribution in [0.4, 0.5) is 0 Å². The summed E-state index contributed by atoms with van der Waals surface area (Å²) in [4.78, 5) is 22.8. The van der Waals surface area contributed by atoms with Crippen molar-refractivity contribution >= 4 is 11.8 Å². The second-order valence-electron chi connectivity index (χ2n) is 5.80. The van der Waals surface area contributed by atoms with Crippen LogP contribution in [-0.4, -0.2) is 16.9 Å². The van der Waals surface area contributed by atoms with Gasteiger partial charge in [0.2, 0.25) is 0 Å². The summed E-state index contributed by atoms with van der Waals surface area (Å²) in [6.45, 7) is 8.16. The second-order valence-corrected chi connectivity index (χ2v) is 5.80. The van der Waals surface area contributed by atoms with E-state index in [2.05, 4.69) is 32.2 Å². The first-order valence-corrected chi connectivity index (χ1v) is 7.87. The number of ketones is 1. The number of rotatable bonds is 5. The van der Waals surface area contributed by atoms with Gasteiger partial charge >= 0.3 is 5.97 Å². The number of carboxylic acid groups (broad SMARTS) is 1. The molecule has 2 atom stereocenters. The first-order valence-electron chi connectivity index (χ1n) is 7.87. The lowest BCUT2D eigenvalue weighted by Crippen LogP contribution is -2.37. The van der Waals surface area contributed by atoms with Crippen LogP contribution in [0.5, 0.6) is 0 Å². The highest BCUT2D eigenvalue weighted by atomic mass is 16.4. The van der Waals surface area contributed by atoms with E-state index in [1.807, 2.05) is 18.2 Å². The van der Waals surface area contributed by atoms with Gasteiger partial charge < -0.3 is 5.11 Å². The lowest BCUT2D eigenvalue weighted by molar-refractivity contribution is -0.137. The summed E-state index contributed by atoms with van der Waals surface area (Å²) in [6.07, 6.45) is 3.81. The number of carbonyl (C=O) groups is 2. The third kappa shape index (κ3) is 4.30. The second kappa shape index (κ2) is 8.52. The van der Waals surface area contributed by atoms with Crippen molar-refractivity contribution < 1.29 is 14.7 Å². The van der Waals surface area contributed by atoms with Crippen LogP contribution in [0.15, 0.2) is 43.5 Å². The van der Waals surface area contributed by atoms with Crippen LogP contribution in [0.3, 0.4) is 0 Å². The Morgan fingerprint density at radius 1 is 1.32 bits per heavy atom. The van der Waals surface area contributed by atoms with Crippen molar-refractivity contribution in [1.29, 1.82) is 0 Å². The van der Waals surface area contributed by atoms with Gasteiger partial charge in [-0.1, -0.05) is 37.3 Å². The van der Waals surface area contributed by atoms with Crippen molar-refractivity contribution in [2.75, 3.05) is 0 Å². The number of hydrogen-bond acceptors (Lipinski definition) is 2. The van der Waals surface area contributed by atoms with Gasteiger partial charge in [-0.2, -0.15) is 0 Å². The molecule has 0 saturated heterocycles. The Morgan fingerprint density at radius 2 is 1.95 bits per heavy atom. The van der Waals surface area contributed by atoms with Crippen LogP contribution < -0.4 is 0 Å². The highest BCUT2D eigenvalue weighted by Crippen LogP contribution is 2.44. The van der Waals surface area contributed by atoms with E-state index in [4.69, 9.17) is 5.11 Å². The fraction of sp³-hybridized carbons (Fsp3) is 0.474. The van der Waals surface area contributed by atoms with E-state index in [0.29, 0.717) is 12.8 Å². The van der Waals surface area contributed by atoms with E-state index in [-0.39, 0.29) is 23.5 Å². The standard InChI is InChI=1S/C17H22O3.C2H4/c1-2-17(14-6-4-3-5-7-14)11-10-15(18)13(12-17)8-9-16(19)20;1-2/h3-7,13H,2,8-12H2,1H3,(H,19,20);1-2H2. The molecular formula is C19H26O3. The Labute approximate surface area is 133 Å². The Balaban J connectivity index is 0.00000116. The molecule has 1 aromatic rings. The van der Waals surface area contributed by atoms with Crippen LogP contribution in [0.25, 0.3) is 0 Å². The van der Waals surface area contributed by atoms with Gasteiger partial charge in [-0.25, -0.2) is 0 Å². The largest absolute Gasteiger partial charge is 0.481 e. The van der Waals surface area contributed by atoms with Crippen LogP contribution in [0.1, 0.15) is 51.0 Å². The molecule has 1 aliphatic rings. The smallest absolute Gasteiger partial charge is 0.303 e. The normalized spacial score (nSPS) is 24.2. The monoisotopic (exact) mass is 302 g/mol. The summed E-state index contributed by atoms with van der Waals surface area (Å²) < 4.78 is 0. The van der Waals surface area contributed by atoms with E-state index in [0.717, 1.165) is 19.3 Å². The van der Waals surface area contributed by atoms with Crippen molar-refractivity contribution in [2.24, 2.45) is 5.92 Å². The van der Waals surface area contributed by atoms with E-state index in [9.17, 15) is 9.59 Å². The van der Waals surface area contributed by atoms with Crippen LogP contribution >= 0.6 is 0 Å². The van der Waals surface area contributed by atoms with E-state index in [1.54, 1.807) is 0 Å². The number of carbonyl (C=O) groups excluding carboxylic acids is 1. The maximum absolute atomic E-state index is 12.0. The fourth-order valence-electron chi connectivity index (χ4n) is 3.39. The molecule has 22 heavy (non-hydrogen) atoms. The number of benzene rings is 1. The molecule has 1 aliphatic carbocycles. The minimum Gasteiger partial charge on any atom is -0.481 e. The molecule has 1 fully saturated rings. The summed E-state index contributed by atoms with van der Waals surface area (Å²) in [5, 5.41) is 8.82. The molecule has 1 N–H and O–H groups in total. The van der Waals surface area contributed by atoms with Gasteiger partial charge in [-0.15, -0.1) is 13.2 Å². The molecule has 0 radical (unpaired) electrons. The highest BCUT2D eigenvalue weighted by Gasteiger charge is 2.39. The van der Waals surface area contributed by atoms with Crippen LogP contribution in [-0.2, 0) is 15.0 Å². The molecule has 2 rings (SSSR count). The highest BCUT2D eigenvalue weighted by molar-refractivity contribution is 5.83. The zero-order valence-electron chi connectivity index (χ0n) is 13.4. The van der Waals surface area contributed by atoms with Crippen molar-refractivity contribution in [2.45, 2.75) is 50.9 Å². The SMILES string of the molecule is C=C.CCC1(c2ccccc2)CCC(=O)C(CCC(=O)O)C1. The molecule has 1 aromatic carbocycles. The lowest BCUT2D eigenvalue weighted by Gasteiger charge is -2.40. The average Bonchev–Trinajstić information content (AvgIpc) is 2.57. The van der Waals surface area contributed by atoms with Crippen LogP contribution in [0, 0.1) is 5.92 Å². The molecule has 0 aromatic heterocycles. The molecule has 0 bridgehead atoms. The Kier molecular flexibility index (Phi) is 7.03. The van der Waals surface area contributed by atoms with Crippen molar-refractivity contribution in [3.63, 3.8) is 0 Å². The van der Waals surface area contributed by atoms with Gasteiger partial charge in [0.05, 0.1) is 0 Å². The quantitative estimate of drug-likeness (QED) is 0.822. The summed E-state index contributed by atoms with van der Waals surface area (Å²) in [5.74, 6) is -0.670. The first-order chi connectivity index (χ1) is 10.6. The molecular weight excluding hydrogens is 276 g/mol. The molecule has 0 amide bonds. The van der Waals surface area contributed by atoms with Gasteiger partial charge in [0.1, 0.15) is 5.78 Å². The topological polar surface area (TPSA) is 54.4 Å². The summed E-state index contributed by atoms with van der Waals surface area (Å²) >= 11 is 0. The van der Waals surface area contributed by atoms with Gasteiger partial charge in [-0.05, 0) is 36.7 Å². The number of hydrogen-bond donors (Lipinski definition) is 1. The lowest BCUT2D eigenvalue weighted by atomic mass is 9.63. The van der Waals surface area contributed by atoms with Gasteiger partial charge in [0.25, 0.3) is 0 Å². The van der Waals surface area contributed by atoms with Crippen molar-refractivity contribution in [1.82, 2.24) is 0 Å². The van der Waals surface area contributed by atoms with Gasteiger partial charge in [-0.3, -0.25) is 9.59 Å². The molecule has 3 heteroatoms. The molecule has 1 saturated carbocycles. The molecule has 0 spiro atoms. The number of aliphatic carboxylic acids is 1. The van der Waals surface area contributed by atoms with Gasteiger partial charge in [0.15, 0.2) is 0 Å². The predicted octanol–water partition coefficient (Wildman–Crippen LogP) is 4.37. The van der Waals surface area contributed by atoms with E-state index >= 15 is 0 Å². The summed E-state index contributed by atoms with van der Waals surface area (Å²) in [5.41, 5.74) is 1.33. The van der Waals surface area contributed by atoms with Crippen LogP contribution in [0.2, 0.25) is 0 Å². The van der Waals surface area contributed by atoms with Crippen molar-refractivity contribution in [3.05, 3.63) is 49.1 Å². The predicted molar refractivity (Wildman–Crippen MR) is 88.9 cm³/mol. The summed E-state index contributed by atoms with van der Waals surface area (Å²) in [7, 11) is 0. The zero-order valence-corrected chi connectivity index (χ0v) is 13.4. The maximum atomic E-state index is 12.0. The molecule has 2 unspecified atom stereocenters. The fourth-order valence-corrected chi connectivity index (χ4v) is 3.39. The zero-order chi connectivity index (χ0) is 16.6. The molecule has 120 valence electrons. The van der Waals surface area contributed by atoms with Crippen molar-refractivity contribution in [3.8, 4) is 0 Å². The Morgan fingerprint density at radius 3 is 2.50 bits per heavy atom. The maximum Gasteiger partial charge on any atom is 0.303 e. The number of Topliss-reactive ketones (excluding diaryl/α,β-unsaturated/α-hetero) is 1. The Bertz CT molecular complexity index is 495.